The van der Waals surface area contributed by atoms with Crippen LogP contribution < -0.4 is 5.73 Å². The number of amides is 1. The molecule has 0 rings (SSSR count). The van der Waals surface area contributed by atoms with E-state index in [-0.39, 0.29) is 6.61 Å². The third kappa shape index (κ3) is 5.01. The fraction of sp³-hybridized carbons (Fsp3) is 0.400. The van der Waals surface area contributed by atoms with Gasteiger partial charge in [0.1, 0.15) is 6.61 Å². The van der Waals surface area contributed by atoms with Gasteiger partial charge in [-0.1, -0.05) is 6.58 Å². The van der Waals surface area contributed by atoms with Crippen LogP contribution in [0.2, 0.25) is 0 Å². The Balaban J connectivity index is 3.18. The summed E-state index contributed by atoms with van der Waals surface area (Å²) in [6.45, 7) is 5.46. The summed E-state index contributed by atoms with van der Waals surface area (Å²) < 4.78 is 4.34. The second-order valence-electron chi connectivity index (χ2n) is 1.56. The van der Waals surface area contributed by atoms with Crippen LogP contribution in [0.5, 0.6) is 0 Å². The lowest BCUT2D eigenvalue weighted by atomic mass is 10.4. The molecule has 0 saturated carbocycles. The molecule has 0 bridgehead atoms. The van der Waals surface area contributed by atoms with Gasteiger partial charge in [0.05, 0.1) is 0 Å². The number of carbonyl (C=O) groups excluding carboxylic acids is 1. The van der Waals surface area contributed by atoms with E-state index in [1.165, 1.54) is 0 Å². The zero-order valence-electron chi connectivity index (χ0n) is 4.81. The molecule has 46 valence electrons. The molecular weight excluding hydrogens is 106 g/mol. The highest BCUT2D eigenvalue weighted by Gasteiger charge is 1.89. The molecule has 0 aliphatic heterocycles. The van der Waals surface area contributed by atoms with Crippen molar-refractivity contribution in [1.82, 2.24) is 0 Å². The molecule has 3 nitrogen and oxygen atoms in total. The fourth-order valence-electron chi connectivity index (χ4n) is 0.194. The summed E-state index contributed by atoms with van der Waals surface area (Å²) in [7, 11) is 0. The summed E-state index contributed by atoms with van der Waals surface area (Å²) >= 11 is 0. The van der Waals surface area contributed by atoms with E-state index < -0.39 is 6.09 Å². The average Bonchev–Trinajstić information content (AvgIpc) is 1.61. The van der Waals surface area contributed by atoms with Crippen molar-refractivity contribution in [1.29, 1.82) is 0 Å². The van der Waals surface area contributed by atoms with Crippen molar-refractivity contribution < 1.29 is 9.53 Å². The highest BCUT2D eigenvalue weighted by atomic mass is 16.5. The van der Waals surface area contributed by atoms with Gasteiger partial charge in [-0.3, -0.25) is 0 Å². The number of nitrogens with two attached hydrogens (primary N) is 1. The van der Waals surface area contributed by atoms with Crippen LogP contribution in [-0.4, -0.2) is 12.7 Å². The zero-order chi connectivity index (χ0) is 6.57. The third-order valence-corrected chi connectivity index (χ3v) is 0.461. The van der Waals surface area contributed by atoms with E-state index in [1.54, 1.807) is 6.92 Å². The zero-order valence-corrected chi connectivity index (χ0v) is 4.81. The molecule has 0 atom stereocenters. The van der Waals surface area contributed by atoms with Crippen LogP contribution in [0.1, 0.15) is 6.92 Å². The molecule has 0 aliphatic carbocycles. The van der Waals surface area contributed by atoms with Gasteiger partial charge in [0, 0.05) is 0 Å². The number of ether oxygens (including phenoxy) is 1. The van der Waals surface area contributed by atoms with Gasteiger partial charge < -0.3 is 10.5 Å². The van der Waals surface area contributed by atoms with Crippen LogP contribution >= 0.6 is 0 Å². The molecule has 0 radical (unpaired) electrons. The lowest BCUT2D eigenvalue weighted by molar-refractivity contribution is 0.166. The Hall–Kier alpha value is -0.990. The first kappa shape index (κ1) is 7.01. The Bertz CT molecular complexity index is 95.0. The summed E-state index contributed by atoms with van der Waals surface area (Å²) in [5.41, 5.74) is 5.42. The fourth-order valence-corrected chi connectivity index (χ4v) is 0.194. The Labute approximate surface area is 48.1 Å². The number of carbonyl (C=O) groups is 1. The molecule has 0 heterocycles. The lowest BCUT2D eigenvalue weighted by Crippen LogP contribution is -2.13. The van der Waals surface area contributed by atoms with Crippen molar-refractivity contribution in [2.24, 2.45) is 5.73 Å². The van der Waals surface area contributed by atoms with Crippen LogP contribution in [0.25, 0.3) is 0 Å². The van der Waals surface area contributed by atoms with Gasteiger partial charge in [-0.25, -0.2) is 4.79 Å². The number of primary amides is 1. The predicted molar refractivity (Wildman–Crippen MR) is 30.3 cm³/mol. The minimum atomic E-state index is -0.756. The van der Waals surface area contributed by atoms with Crippen molar-refractivity contribution in [3.05, 3.63) is 12.2 Å². The van der Waals surface area contributed by atoms with Crippen molar-refractivity contribution in [2.45, 2.75) is 6.92 Å². The van der Waals surface area contributed by atoms with Crippen molar-refractivity contribution in [3.8, 4) is 0 Å². The van der Waals surface area contributed by atoms with E-state index >= 15 is 0 Å². The number of hydrogen-bond acceptors (Lipinski definition) is 2. The molecule has 0 aliphatic rings. The monoisotopic (exact) mass is 115 g/mol. The van der Waals surface area contributed by atoms with Gasteiger partial charge in [-0.05, 0) is 12.5 Å². The molecule has 0 saturated heterocycles. The van der Waals surface area contributed by atoms with E-state index in [0.717, 1.165) is 5.57 Å². The first-order valence-corrected chi connectivity index (χ1v) is 2.19. The van der Waals surface area contributed by atoms with Gasteiger partial charge >= 0.3 is 6.09 Å². The van der Waals surface area contributed by atoms with E-state index in [4.69, 9.17) is 0 Å². The predicted octanol–water partition coefficient (Wildman–Crippen LogP) is 0.658. The maximum Gasteiger partial charge on any atom is 0.404 e. The normalized spacial score (nSPS) is 8.12. The summed E-state index contributed by atoms with van der Waals surface area (Å²) in [6, 6.07) is 0. The maximum atomic E-state index is 9.86. The molecule has 0 aromatic carbocycles. The SMILES string of the molecule is C=C(C)COC(N)=O. The van der Waals surface area contributed by atoms with Gasteiger partial charge in [-0.15, -0.1) is 0 Å². The van der Waals surface area contributed by atoms with Crippen LogP contribution in [0.15, 0.2) is 12.2 Å². The number of hydrogen-bond donors (Lipinski definition) is 1. The Morgan fingerprint density at radius 2 is 2.38 bits per heavy atom. The second kappa shape index (κ2) is 3.07. The van der Waals surface area contributed by atoms with Gasteiger partial charge in [-0.2, -0.15) is 0 Å². The highest BCUT2D eigenvalue weighted by Crippen LogP contribution is 1.85. The van der Waals surface area contributed by atoms with E-state index in [1.807, 2.05) is 0 Å². The minimum Gasteiger partial charge on any atom is -0.445 e. The van der Waals surface area contributed by atoms with E-state index in [0.29, 0.717) is 0 Å². The molecule has 0 spiro atoms. The Kier molecular flexibility index (Phi) is 2.69. The maximum absolute atomic E-state index is 9.86. The van der Waals surface area contributed by atoms with E-state index in [2.05, 4.69) is 17.0 Å². The van der Waals surface area contributed by atoms with Gasteiger partial charge in [0.25, 0.3) is 0 Å². The lowest BCUT2D eigenvalue weighted by Gasteiger charge is -1.96. The molecule has 0 aromatic heterocycles. The number of rotatable bonds is 2. The topological polar surface area (TPSA) is 52.3 Å². The van der Waals surface area contributed by atoms with Crippen LogP contribution in [0.4, 0.5) is 4.79 Å². The molecule has 2 N–H and O–H groups in total. The summed E-state index contributed by atoms with van der Waals surface area (Å²) in [5, 5.41) is 0. The molecule has 8 heavy (non-hydrogen) atoms. The molecular formula is C5H9NO2. The van der Waals surface area contributed by atoms with Crippen LogP contribution in [0, 0.1) is 0 Å². The Morgan fingerprint density at radius 3 is 2.50 bits per heavy atom. The van der Waals surface area contributed by atoms with Crippen molar-refractivity contribution >= 4 is 6.09 Å². The van der Waals surface area contributed by atoms with Crippen LogP contribution in [-0.2, 0) is 4.74 Å². The largest absolute Gasteiger partial charge is 0.445 e. The second-order valence-corrected chi connectivity index (χ2v) is 1.56. The summed E-state index contributed by atoms with van der Waals surface area (Å²) in [5.74, 6) is 0. The van der Waals surface area contributed by atoms with Crippen molar-refractivity contribution in [3.63, 3.8) is 0 Å². The van der Waals surface area contributed by atoms with Gasteiger partial charge in [0.2, 0.25) is 0 Å². The molecule has 0 fully saturated rings. The summed E-state index contributed by atoms with van der Waals surface area (Å²) in [6.07, 6.45) is -0.756. The molecule has 1 amide bonds. The quantitative estimate of drug-likeness (QED) is 0.537. The first-order valence-electron chi connectivity index (χ1n) is 2.19. The molecule has 0 unspecified atom stereocenters. The first-order chi connectivity index (χ1) is 3.63. The minimum absolute atomic E-state index is 0.218. The smallest absolute Gasteiger partial charge is 0.404 e. The van der Waals surface area contributed by atoms with Gasteiger partial charge in [0.15, 0.2) is 0 Å². The summed E-state index contributed by atoms with van der Waals surface area (Å²) in [4.78, 5) is 9.86. The Morgan fingerprint density at radius 1 is 1.88 bits per heavy atom. The van der Waals surface area contributed by atoms with E-state index in [9.17, 15) is 4.79 Å². The van der Waals surface area contributed by atoms with Crippen LogP contribution in [0.3, 0.4) is 0 Å². The molecule has 0 aromatic rings. The highest BCUT2D eigenvalue weighted by molar-refractivity contribution is 5.64. The molecule has 3 heteroatoms. The average molecular weight is 115 g/mol. The third-order valence-electron chi connectivity index (χ3n) is 0.461. The standard InChI is InChI=1S/C5H9NO2/c1-4(2)3-8-5(6)7/h1,3H2,2H3,(H2,6,7). The van der Waals surface area contributed by atoms with Crippen molar-refractivity contribution in [2.75, 3.05) is 6.61 Å².